The third kappa shape index (κ3) is 16.4. The average Bonchev–Trinajstić information content (AvgIpc) is 3.13. The first kappa shape index (κ1) is 58.2. The van der Waals surface area contributed by atoms with Crippen LogP contribution in [0.2, 0.25) is 10.6 Å². The number of H-pyrrole nitrogens is 2. The smallest absolute Gasteiger partial charge is 0.744 e. The van der Waals surface area contributed by atoms with Gasteiger partial charge in [0.2, 0.25) is 33.7 Å². The molecule has 2 aromatic heterocycles. The zero-order chi connectivity index (χ0) is 43.6. The van der Waals surface area contributed by atoms with Crippen LogP contribution in [0.5, 0.6) is 0 Å². The fourth-order valence-corrected chi connectivity index (χ4v) is 7.58. The number of nitrogens with zero attached hydrogens (tertiary/aromatic N) is 6. The van der Waals surface area contributed by atoms with Crippen molar-refractivity contribution >= 4 is 110 Å². The Kier molecular flexibility index (Phi) is 21.7. The van der Waals surface area contributed by atoms with Crippen molar-refractivity contribution < 1.29 is 170 Å². The maximum absolute atomic E-state index is 12.3. The first-order valence-corrected chi connectivity index (χ1v) is 22.3. The number of nitrogens with one attached hydrogen (secondary N) is 4. The second-order valence-corrected chi connectivity index (χ2v) is 17.9. The molecule has 0 radical (unpaired) electrons. The molecule has 0 fully saturated rings. The fraction of sp³-hybridized carbons (Fsp3) is 0. The zero-order valence-corrected chi connectivity index (χ0v) is 46.0. The zero-order valence-electron chi connectivity index (χ0n) is 33.2. The van der Waals surface area contributed by atoms with Crippen LogP contribution in [-0.2, 0) is 40.5 Å². The van der Waals surface area contributed by atoms with E-state index in [9.17, 15) is 51.9 Å². The Bertz CT molecular complexity index is 3090. The molecule has 0 bridgehead atoms. The molecule has 0 aliphatic rings. The minimum absolute atomic E-state index is 0. The number of aromatic nitrogens is 6. The van der Waals surface area contributed by atoms with Crippen LogP contribution >= 0.6 is 23.2 Å². The van der Waals surface area contributed by atoms with Crippen molar-refractivity contribution in [2.75, 3.05) is 10.6 Å². The van der Waals surface area contributed by atoms with Gasteiger partial charge < -0.3 is 28.8 Å². The number of halogens is 2. The van der Waals surface area contributed by atoms with E-state index in [1.165, 1.54) is 48.5 Å². The van der Waals surface area contributed by atoms with E-state index in [1.807, 2.05) is 0 Å². The van der Waals surface area contributed by atoms with E-state index in [4.69, 9.17) is 23.2 Å². The van der Waals surface area contributed by atoms with Crippen molar-refractivity contribution in [3.05, 3.63) is 118 Å². The Morgan fingerprint density at radius 3 is 1.11 bits per heavy atom. The summed E-state index contributed by atoms with van der Waals surface area (Å²) in [4.78, 5) is 26.9. The van der Waals surface area contributed by atoms with E-state index in [-0.39, 0.29) is 186 Å². The molecule has 0 saturated carbocycles. The Morgan fingerprint density at radius 1 is 0.484 bits per heavy atom. The number of rotatable bonds is 12. The normalized spacial score (nSPS) is 12.3. The van der Waals surface area contributed by atoms with Gasteiger partial charge in [-0.15, -0.1) is 0 Å². The molecule has 0 amide bonds. The quantitative estimate of drug-likeness (QED) is 0.0502. The molecule has 6 aromatic rings. The van der Waals surface area contributed by atoms with Gasteiger partial charge in [0.25, 0.3) is 0 Å². The van der Waals surface area contributed by atoms with Crippen molar-refractivity contribution in [1.82, 2.24) is 29.9 Å². The maximum Gasteiger partial charge on any atom is 1.00 e. The molecule has 4 N–H and O–H groups in total. The van der Waals surface area contributed by atoms with Crippen molar-refractivity contribution in [3.8, 4) is 0 Å². The van der Waals surface area contributed by atoms with E-state index < -0.39 is 60.1 Å². The molecule has 0 atom stereocenters. The van der Waals surface area contributed by atoms with Gasteiger partial charge in [0.15, 0.2) is 0 Å². The van der Waals surface area contributed by atoms with E-state index in [2.05, 4.69) is 50.5 Å². The first-order valence-electron chi connectivity index (χ1n) is 15.9. The summed E-state index contributed by atoms with van der Waals surface area (Å²) >= 11 is 12.1. The number of anilines is 4. The molecule has 32 heteroatoms. The van der Waals surface area contributed by atoms with Crippen molar-refractivity contribution in [1.29, 1.82) is 0 Å². The predicted molar refractivity (Wildman–Crippen MR) is 206 cm³/mol. The van der Waals surface area contributed by atoms with Gasteiger partial charge in [-0.1, -0.05) is 24.3 Å². The van der Waals surface area contributed by atoms with E-state index >= 15 is 0 Å². The molecule has 0 aliphatic carbocycles. The van der Waals surface area contributed by atoms with E-state index in [0.717, 1.165) is 48.6 Å². The van der Waals surface area contributed by atoms with Crippen LogP contribution in [0.15, 0.2) is 114 Å². The van der Waals surface area contributed by atoms with Gasteiger partial charge in [-0.3, -0.25) is 9.97 Å². The molecule has 0 aliphatic heterocycles. The van der Waals surface area contributed by atoms with Gasteiger partial charge in [-0.05, 0) is 107 Å². The van der Waals surface area contributed by atoms with Gasteiger partial charge in [-0.25, -0.2) is 43.7 Å². The topological polar surface area (TPSA) is 361 Å². The van der Waals surface area contributed by atoms with Crippen LogP contribution in [0.1, 0.15) is 11.1 Å². The molecule has 64 heavy (non-hydrogen) atoms. The molecule has 22 nitrogen and oxygen atoms in total. The molecule has 0 spiro atoms. The molecule has 2 heterocycles. The Balaban J connectivity index is 0.00000352. The first-order chi connectivity index (χ1) is 28.0. The maximum atomic E-state index is 12.3. The Labute approximate surface area is 462 Å². The van der Waals surface area contributed by atoms with Gasteiger partial charge in [0.1, 0.15) is 40.5 Å². The standard InChI is InChI=1S/C32H24Cl2N10O12S4.4Na/c33-27-39-29(35-19-7-11-23(12-8-19)57(45,46)47)43-31(41-27)37-21-5-3-17(25(15-21)59(51,52)53)1-2-18-4-6-22(16-26(18)60(54,55)56)38-32-42-28(34)40-30(44-32)36-20-9-13-24(14-10-20)58(48,49)50;;;;/h1-16H,(H,45,46,47)(H,48,49,50)(H,51,52,53)(H,54,55,56)(H2,35,37,39,41,43)(H2,36,38,40,42,44);;;;/q;4*+1/p-4. The van der Waals surface area contributed by atoms with Gasteiger partial charge in [-0.2, -0.15) is 19.9 Å². The van der Waals surface area contributed by atoms with Crippen molar-refractivity contribution in [2.24, 2.45) is 9.98 Å². The van der Waals surface area contributed by atoms with Crippen molar-refractivity contribution in [2.45, 2.75) is 19.6 Å². The Morgan fingerprint density at radius 2 is 0.812 bits per heavy atom. The third-order valence-electron chi connectivity index (χ3n) is 7.51. The van der Waals surface area contributed by atoms with Crippen LogP contribution in [0.4, 0.5) is 34.6 Å². The minimum atomic E-state index is -5.21. The van der Waals surface area contributed by atoms with Crippen LogP contribution in [0.25, 0.3) is 12.2 Å². The molecular formula is C32H20Cl2N10Na4O12S4. The SMILES string of the molecule is O=S(=O)([O-])c1ccc(Nc2nc(Cl)[nH]c(=Nc3ccc(C=Cc4ccc(N=c5nc(Nc6ccc(S(=O)(=O)[O-])cc6)nc(Cl)[nH]5)cc4S(=O)(=O)[O-])c(S(=O)(=O)[O-])c3)n2)cc1.[Na+].[Na+].[Na+].[Na+]. The molecule has 0 unspecified atom stereocenters. The summed E-state index contributed by atoms with van der Waals surface area (Å²) in [7, 11) is -19.8. The van der Waals surface area contributed by atoms with Crippen LogP contribution in [-0.4, -0.2) is 81.8 Å². The molecular weight excluding hydrogens is 1010 g/mol. The number of aromatic amines is 2. The van der Waals surface area contributed by atoms with Gasteiger partial charge >= 0.3 is 118 Å². The minimum Gasteiger partial charge on any atom is -0.744 e. The van der Waals surface area contributed by atoms with E-state index in [0.29, 0.717) is 0 Å². The summed E-state index contributed by atoms with van der Waals surface area (Å²) in [5.74, 6) is -0.310. The van der Waals surface area contributed by atoms with Crippen LogP contribution in [0, 0.1) is 0 Å². The van der Waals surface area contributed by atoms with Crippen molar-refractivity contribution in [3.63, 3.8) is 0 Å². The molecule has 4 aromatic carbocycles. The summed E-state index contributed by atoms with van der Waals surface area (Å²) < 4.78 is 141. The Hall–Kier alpha value is -1.94. The van der Waals surface area contributed by atoms with Gasteiger partial charge in [0, 0.05) is 11.4 Å². The van der Waals surface area contributed by atoms with Gasteiger partial charge in [0.05, 0.1) is 31.0 Å². The largest absolute Gasteiger partial charge is 1.00 e. The van der Waals surface area contributed by atoms with Crippen LogP contribution in [0.3, 0.4) is 0 Å². The summed E-state index contributed by atoms with van der Waals surface area (Å²) in [6.45, 7) is 0. The molecule has 6 rings (SSSR count). The van der Waals surface area contributed by atoms with Crippen LogP contribution < -0.4 is 140 Å². The summed E-state index contributed by atoms with van der Waals surface area (Å²) in [5.41, 5.74) is -0.642. The molecule has 312 valence electrons. The predicted octanol–water partition coefficient (Wildman–Crippen LogP) is -9.02. The second kappa shape index (κ2) is 23.9. The summed E-state index contributed by atoms with van der Waals surface area (Å²) in [5, 5.41) is 4.97. The fourth-order valence-electron chi connectivity index (χ4n) is 4.94. The van der Waals surface area contributed by atoms with E-state index in [1.54, 1.807) is 0 Å². The third-order valence-corrected chi connectivity index (χ3v) is 11.3. The monoisotopic (exact) mass is 1030 g/mol. The number of hydrogen-bond donors (Lipinski definition) is 4. The number of hydrogen-bond acceptors (Lipinski definition) is 20. The average molecular weight is 1030 g/mol. The number of benzene rings is 4. The summed E-state index contributed by atoms with van der Waals surface area (Å²) in [6.07, 6.45) is 2.15. The second-order valence-electron chi connectivity index (χ2n) is 11.7. The summed E-state index contributed by atoms with van der Waals surface area (Å²) in [6, 6.07) is 15.9. The molecule has 0 saturated heterocycles.